The van der Waals surface area contributed by atoms with Crippen LogP contribution in [0.2, 0.25) is 0 Å². The SMILES string of the molecule is CC1=C(F)CC(C(=N)C=S)CC1F. The first kappa shape index (κ1) is 10.4. The number of thiocarbonyl (C=S) groups is 1. The van der Waals surface area contributed by atoms with E-state index in [0.717, 1.165) is 0 Å². The van der Waals surface area contributed by atoms with Crippen LogP contribution in [0.3, 0.4) is 0 Å². The molecule has 1 N–H and O–H groups in total. The van der Waals surface area contributed by atoms with Crippen LogP contribution in [-0.2, 0) is 0 Å². The van der Waals surface area contributed by atoms with Gasteiger partial charge in [-0.05, 0) is 18.9 Å². The summed E-state index contributed by atoms with van der Waals surface area (Å²) in [6.07, 6.45) is -0.947. The van der Waals surface area contributed by atoms with E-state index in [1.165, 1.54) is 12.3 Å². The van der Waals surface area contributed by atoms with Crippen molar-refractivity contribution < 1.29 is 8.78 Å². The molecule has 0 aromatic heterocycles. The lowest BCUT2D eigenvalue weighted by atomic mass is 9.85. The quantitative estimate of drug-likeness (QED) is 0.541. The van der Waals surface area contributed by atoms with Crippen molar-refractivity contribution in [1.29, 1.82) is 5.41 Å². The third-order valence-corrected chi connectivity index (χ3v) is 2.64. The van der Waals surface area contributed by atoms with E-state index in [1.54, 1.807) is 0 Å². The maximum absolute atomic E-state index is 13.1. The number of rotatable bonds is 2. The number of allylic oxidation sites excluding steroid dienone is 2. The Morgan fingerprint density at radius 2 is 2.31 bits per heavy atom. The molecule has 0 aromatic carbocycles. The minimum absolute atomic E-state index is 0.123. The van der Waals surface area contributed by atoms with E-state index in [1.807, 2.05) is 0 Å². The zero-order valence-corrected chi connectivity index (χ0v) is 8.13. The minimum Gasteiger partial charge on any atom is -0.304 e. The zero-order chi connectivity index (χ0) is 10.0. The van der Waals surface area contributed by atoms with Gasteiger partial charge in [0.2, 0.25) is 0 Å². The van der Waals surface area contributed by atoms with Crippen molar-refractivity contribution >= 4 is 23.3 Å². The Hall–Kier alpha value is -0.640. The average Bonchev–Trinajstić information content (AvgIpc) is 2.12. The van der Waals surface area contributed by atoms with Gasteiger partial charge in [-0.1, -0.05) is 12.2 Å². The van der Waals surface area contributed by atoms with Crippen LogP contribution in [0.5, 0.6) is 0 Å². The van der Waals surface area contributed by atoms with E-state index < -0.39 is 12.0 Å². The van der Waals surface area contributed by atoms with Gasteiger partial charge in [-0.15, -0.1) is 0 Å². The Kier molecular flexibility index (Phi) is 3.25. The molecule has 0 saturated heterocycles. The van der Waals surface area contributed by atoms with Crippen molar-refractivity contribution in [2.24, 2.45) is 5.92 Å². The molecule has 0 spiro atoms. The lowest BCUT2D eigenvalue weighted by molar-refractivity contribution is 0.296. The van der Waals surface area contributed by atoms with Crippen LogP contribution in [0.4, 0.5) is 8.78 Å². The van der Waals surface area contributed by atoms with Crippen molar-refractivity contribution in [2.45, 2.75) is 25.9 Å². The fourth-order valence-electron chi connectivity index (χ4n) is 1.39. The molecule has 0 saturated carbocycles. The third kappa shape index (κ3) is 2.18. The summed E-state index contributed by atoms with van der Waals surface area (Å²) in [7, 11) is 0. The minimum atomic E-state index is -1.26. The summed E-state index contributed by atoms with van der Waals surface area (Å²) in [6.45, 7) is 1.46. The molecule has 1 aliphatic carbocycles. The van der Waals surface area contributed by atoms with Crippen molar-refractivity contribution in [2.75, 3.05) is 0 Å². The fourth-order valence-corrected chi connectivity index (χ4v) is 1.58. The molecule has 72 valence electrons. The highest BCUT2D eigenvalue weighted by molar-refractivity contribution is 7.80. The third-order valence-electron chi connectivity index (χ3n) is 2.38. The summed E-state index contributed by atoms with van der Waals surface area (Å²) in [6, 6.07) is 0. The van der Waals surface area contributed by atoms with E-state index in [-0.39, 0.29) is 30.0 Å². The number of halogens is 2. The van der Waals surface area contributed by atoms with Crippen molar-refractivity contribution in [3.8, 4) is 0 Å². The number of alkyl halides is 1. The normalized spacial score (nSPS) is 28.8. The van der Waals surface area contributed by atoms with Crippen LogP contribution in [0, 0.1) is 11.3 Å². The van der Waals surface area contributed by atoms with Gasteiger partial charge in [-0.2, -0.15) is 0 Å². The lowest BCUT2D eigenvalue weighted by Crippen LogP contribution is -2.24. The van der Waals surface area contributed by atoms with Gasteiger partial charge in [0.05, 0.1) is 0 Å². The summed E-state index contributed by atoms with van der Waals surface area (Å²) >= 11 is 4.55. The summed E-state index contributed by atoms with van der Waals surface area (Å²) in [5, 5.41) is 8.55. The van der Waals surface area contributed by atoms with E-state index in [9.17, 15) is 8.78 Å². The number of nitrogens with one attached hydrogen (secondary N) is 1. The lowest BCUT2D eigenvalue weighted by Gasteiger charge is -2.24. The smallest absolute Gasteiger partial charge is 0.124 e. The van der Waals surface area contributed by atoms with E-state index in [2.05, 4.69) is 12.2 Å². The first-order valence-corrected chi connectivity index (χ1v) is 4.56. The largest absolute Gasteiger partial charge is 0.304 e. The molecule has 0 aliphatic heterocycles. The number of hydrogen-bond acceptors (Lipinski definition) is 2. The van der Waals surface area contributed by atoms with Crippen LogP contribution in [0.25, 0.3) is 0 Å². The molecule has 0 aromatic rings. The average molecular weight is 203 g/mol. The Balaban J connectivity index is 2.79. The monoisotopic (exact) mass is 203 g/mol. The summed E-state index contributed by atoms with van der Waals surface area (Å²) in [4.78, 5) is 0. The van der Waals surface area contributed by atoms with Crippen LogP contribution >= 0.6 is 12.2 Å². The molecule has 2 unspecified atom stereocenters. The maximum Gasteiger partial charge on any atom is 0.124 e. The Morgan fingerprint density at radius 3 is 2.77 bits per heavy atom. The molecule has 1 aliphatic rings. The van der Waals surface area contributed by atoms with Gasteiger partial charge in [-0.3, -0.25) is 0 Å². The standard InChI is InChI=1S/C9H11F2NS/c1-5-7(10)2-6(3-8(5)11)9(12)4-13/h4,6-7,12H,2-3H2,1H3. The second kappa shape index (κ2) is 4.05. The first-order chi connectivity index (χ1) is 6.06. The van der Waals surface area contributed by atoms with Crippen molar-refractivity contribution in [3.63, 3.8) is 0 Å². The van der Waals surface area contributed by atoms with Gasteiger partial charge in [0.25, 0.3) is 0 Å². The van der Waals surface area contributed by atoms with E-state index >= 15 is 0 Å². The summed E-state index contributed by atoms with van der Waals surface area (Å²) in [5.74, 6) is -0.804. The molecule has 0 radical (unpaired) electrons. The molecule has 0 fully saturated rings. The second-order valence-corrected chi connectivity index (χ2v) is 3.50. The van der Waals surface area contributed by atoms with Gasteiger partial charge in [0, 0.05) is 23.4 Å². The van der Waals surface area contributed by atoms with Crippen LogP contribution in [0.15, 0.2) is 11.4 Å². The van der Waals surface area contributed by atoms with Gasteiger partial charge in [0.1, 0.15) is 12.0 Å². The van der Waals surface area contributed by atoms with Gasteiger partial charge < -0.3 is 5.41 Å². The molecule has 13 heavy (non-hydrogen) atoms. The summed E-state index contributed by atoms with van der Waals surface area (Å²) < 4.78 is 26.2. The molecule has 1 rings (SSSR count). The van der Waals surface area contributed by atoms with Crippen molar-refractivity contribution in [3.05, 3.63) is 11.4 Å². The van der Waals surface area contributed by atoms with E-state index in [4.69, 9.17) is 5.41 Å². The molecule has 0 heterocycles. The number of hydrogen-bond donors (Lipinski definition) is 1. The topological polar surface area (TPSA) is 23.9 Å². The predicted octanol–water partition coefficient (Wildman–Crippen LogP) is 3.00. The van der Waals surface area contributed by atoms with E-state index in [0.29, 0.717) is 0 Å². The molecule has 0 bridgehead atoms. The highest BCUT2D eigenvalue weighted by Crippen LogP contribution is 2.32. The van der Waals surface area contributed by atoms with Gasteiger partial charge in [-0.25, -0.2) is 8.78 Å². The molecule has 4 heteroatoms. The van der Waals surface area contributed by atoms with Gasteiger partial charge >= 0.3 is 0 Å². The first-order valence-electron chi connectivity index (χ1n) is 4.09. The summed E-state index contributed by atoms with van der Waals surface area (Å²) in [5.41, 5.74) is 0.328. The zero-order valence-electron chi connectivity index (χ0n) is 7.31. The van der Waals surface area contributed by atoms with Crippen LogP contribution in [0.1, 0.15) is 19.8 Å². The predicted molar refractivity (Wildman–Crippen MR) is 52.8 cm³/mol. The highest BCUT2D eigenvalue weighted by Gasteiger charge is 2.28. The Bertz CT molecular complexity index is 273. The van der Waals surface area contributed by atoms with Crippen molar-refractivity contribution in [1.82, 2.24) is 0 Å². The Labute approximate surface area is 81.3 Å². The highest BCUT2D eigenvalue weighted by atomic mass is 32.1. The Morgan fingerprint density at radius 1 is 1.69 bits per heavy atom. The molecule has 2 atom stereocenters. The molecule has 1 nitrogen and oxygen atoms in total. The molecular weight excluding hydrogens is 192 g/mol. The van der Waals surface area contributed by atoms with Gasteiger partial charge in [0.15, 0.2) is 0 Å². The second-order valence-electron chi connectivity index (χ2n) is 3.27. The molecular formula is C9H11F2NS. The van der Waals surface area contributed by atoms with Crippen LogP contribution < -0.4 is 0 Å². The maximum atomic E-state index is 13.1. The fraction of sp³-hybridized carbons (Fsp3) is 0.556. The van der Waals surface area contributed by atoms with Crippen LogP contribution in [-0.4, -0.2) is 17.3 Å². The molecule has 0 amide bonds.